The topological polar surface area (TPSA) is 3.24 Å². The zero-order valence-electron chi connectivity index (χ0n) is 12.1. The molecule has 0 radical (unpaired) electrons. The van der Waals surface area contributed by atoms with E-state index in [-0.39, 0.29) is 0 Å². The Morgan fingerprint density at radius 1 is 1.10 bits per heavy atom. The second-order valence-corrected chi connectivity index (χ2v) is 6.62. The van der Waals surface area contributed by atoms with E-state index >= 15 is 0 Å². The van der Waals surface area contributed by atoms with Gasteiger partial charge in [0.15, 0.2) is 0 Å². The van der Waals surface area contributed by atoms with Gasteiger partial charge in [0.05, 0.1) is 0 Å². The standard InChI is InChI=1S/C18H22ClN/c1-14(19)15-9-11-20(12-10-15)13-17-7-4-6-16-5-2-3-8-18(16)17/h2-8,14-15H,9-13H2,1H3. The molecule has 106 valence electrons. The van der Waals surface area contributed by atoms with Gasteiger partial charge in [0.25, 0.3) is 0 Å². The van der Waals surface area contributed by atoms with Crippen LogP contribution in [-0.2, 0) is 6.54 Å². The lowest BCUT2D eigenvalue weighted by molar-refractivity contribution is 0.177. The Balaban J connectivity index is 1.72. The van der Waals surface area contributed by atoms with Gasteiger partial charge in [-0.05, 0) is 55.1 Å². The van der Waals surface area contributed by atoms with Gasteiger partial charge < -0.3 is 0 Å². The van der Waals surface area contributed by atoms with Crippen LogP contribution in [-0.4, -0.2) is 23.4 Å². The summed E-state index contributed by atoms with van der Waals surface area (Å²) in [7, 11) is 0. The van der Waals surface area contributed by atoms with Gasteiger partial charge in [0.2, 0.25) is 0 Å². The monoisotopic (exact) mass is 287 g/mol. The summed E-state index contributed by atoms with van der Waals surface area (Å²) in [6.07, 6.45) is 2.46. The highest BCUT2D eigenvalue weighted by molar-refractivity contribution is 6.20. The summed E-state index contributed by atoms with van der Waals surface area (Å²) in [5.74, 6) is 0.695. The molecule has 0 saturated carbocycles. The van der Waals surface area contributed by atoms with E-state index in [9.17, 15) is 0 Å². The second kappa shape index (κ2) is 6.15. The zero-order valence-corrected chi connectivity index (χ0v) is 12.8. The molecule has 0 aliphatic carbocycles. The number of benzene rings is 2. The molecule has 1 fully saturated rings. The SMILES string of the molecule is CC(Cl)C1CCN(Cc2cccc3ccccc23)CC1. The van der Waals surface area contributed by atoms with Crippen molar-refractivity contribution in [1.82, 2.24) is 4.90 Å². The number of halogens is 1. The van der Waals surface area contributed by atoms with Crippen molar-refractivity contribution in [3.05, 3.63) is 48.0 Å². The minimum absolute atomic E-state index is 0.315. The fraction of sp³-hybridized carbons (Fsp3) is 0.444. The van der Waals surface area contributed by atoms with Gasteiger partial charge in [-0.15, -0.1) is 11.6 Å². The summed E-state index contributed by atoms with van der Waals surface area (Å²) in [4.78, 5) is 2.57. The first kappa shape index (κ1) is 13.9. The van der Waals surface area contributed by atoms with Crippen LogP contribution in [0.2, 0.25) is 0 Å². The molecule has 1 saturated heterocycles. The van der Waals surface area contributed by atoms with Crippen molar-refractivity contribution in [2.45, 2.75) is 31.7 Å². The molecular weight excluding hydrogens is 266 g/mol. The molecule has 0 spiro atoms. The van der Waals surface area contributed by atoms with E-state index in [1.165, 1.54) is 42.3 Å². The third kappa shape index (κ3) is 2.99. The Kier molecular flexibility index (Phi) is 4.28. The molecule has 0 bridgehead atoms. The molecule has 20 heavy (non-hydrogen) atoms. The molecule has 2 heteroatoms. The summed E-state index contributed by atoms with van der Waals surface area (Å²) >= 11 is 6.22. The third-order valence-electron chi connectivity index (χ3n) is 4.56. The van der Waals surface area contributed by atoms with Gasteiger partial charge >= 0.3 is 0 Å². The number of alkyl halides is 1. The normalized spacial score (nSPS) is 19.3. The van der Waals surface area contributed by atoms with E-state index in [4.69, 9.17) is 11.6 Å². The molecule has 1 aliphatic heterocycles. The quantitative estimate of drug-likeness (QED) is 0.741. The van der Waals surface area contributed by atoms with Crippen LogP contribution >= 0.6 is 11.6 Å². The van der Waals surface area contributed by atoms with Gasteiger partial charge in [-0.25, -0.2) is 0 Å². The van der Waals surface area contributed by atoms with Gasteiger partial charge in [-0.1, -0.05) is 42.5 Å². The number of hydrogen-bond donors (Lipinski definition) is 0. The second-order valence-electron chi connectivity index (χ2n) is 5.93. The first-order chi connectivity index (χ1) is 9.74. The molecule has 3 rings (SSSR count). The van der Waals surface area contributed by atoms with Gasteiger partial charge in [0.1, 0.15) is 0 Å². The van der Waals surface area contributed by atoms with Crippen molar-refractivity contribution in [1.29, 1.82) is 0 Å². The maximum absolute atomic E-state index is 6.22. The summed E-state index contributed by atoms with van der Waals surface area (Å²) in [5.41, 5.74) is 1.44. The van der Waals surface area contributed by atoms with Crippen LogP contribution in [0.3, 0.4) is 0 Å². The zero-order chi connectivity index (χ0) is 13.9. The first-order valence-electron chi connectivity index (χ1n) is 7.57. The molecule has 1 atom stereocenters. The van der Waals surface area contributed by atoms with Crippen LogP contribution in [0, 0.1) is 5.92 Å². The van der Waals surface area contributed by atoms with E-state index in [0.29, 0.717) is 11.3 Å². The summed E-state index contributed by atoms with van der Waals surface area (Å²) in [6.45, 7) is 5.53. The van der Waals surface area contributed by atoms with Crippen molar-refractivity contribution >= 4 is 22.4 Å². The highest BCUT2D eigenvalue weighted by atomic mass is 35.5. The fourth-order valence-electron chi connectivity index (χ4n) is 3.24. The van der Waals surface area contributed by atoms with Gasteiger partial charge in [-0.2, -0.15) is 0 Å². The van der Waals surface area contributed by atoms with Gasteiger partial charge in [0, 0.05) is 11.9 Å². The third-order valence-corrected chi connectivity index (χ3v) is 4.91. The molecule has 1 heterocycles. The van der Waals surface area contributed by atoms with E-state index in [1.54, 1.807) is 0 Å². The molecule has 0 amide bonds. The largest absolute Gasteiger partial charge is 0.299 e. The molecule has 1 unspecified atom stereocenters. The Bertz CT molecular complexity index is 565. The number of fused-ring (bicyclic) bond motifs is 1. The first-order valence-corrected chi connectivity index (χ1v) is 8.01. The fourth-order valence-corrected chi connectivity index (χ4v) is 3.49. The smallest absolute Gasteiger partial charge is 0.0337 e. The van der Waals surface area contributed by atoms with Crippen molar-refractivity contribution in [3.63, 3.8) is 0 Å². The Hall–Kier alpha value is -1.05. The van der Waals surface area contributed by atoms with E-state index in [2.05, 4.69) is 54.3 Å². The Labute approximate surface area is 126 Å². The van der Waals surface area contributed by atoms with Crippen LogP contribution < -0.4 is 0 Å². The summed E-state index contributed by atoms with van der Waals surface area (Å²) < 4.78 is 0. The minimum Gasteiger partial charge on any atom is -0.299 e. The van der Waals surface area contributed by atoms with Crippen molar-refractivity contribution < 1.29 is 0 Å². The highest BCUT2D eigenvalue weighted by Crippen LogP contribution is 2.26. The maximum Gasteiger partial charge on any atom is 0.0337 e. The van der Waals surface area contributed by atoms with Crippen LogP contribution in [0.1, 0.15) is 25.3 Å². The van der Waals surface area contributed by atoms with Crippen molar-refractivity contribution in [2.75, 3.05) is 13.1 Å². The predicted molar refractivity (Wildman–Crippen MR) is 87.3 cm³/mol. The summed E-state index contributed by atoms with van der Waals surface area (Å²) in [6, 6.07) is 15.3. The maximum atomic E-state index is 6.22. The van der Waals surface area contributed by atoms with Crippen LogP contribution in [0.4, 0.5) is 0 Å². The molecule has 2 aromatic carbocycles. The average molecular weight is 288 g/mol. The molecular formula is C18H22ClN. The number of nitrogens with zero attached hydrogens (tertiary/aromatic N) is 1. The Morgan fingerprint density at radius 2 is 1.80 bits per heavy atom. The van der Waals surface area contributed by atoms with Crippen molar-refractivity contribution in [3.8, 4) is 0 Å². The van der Waals surface area contributed by atoms with E-state index in [1.807, 2.05) is 0 Å². The lowest BCUT2D eigenvalue weighted by Crippen LogP contribution is -2.35. The molecule has 0 aromatic heterocycles. The molecule has 1 nitrogen and oxygen atoms in total. The van der Waals surface area contributed by atoms with Crippen LogP contribution in [0.5, 0.6) is 0 Å². The molecule has 1 aliphatic rings. The number of piperidine rings is 1. The van der Waals surface area contributed by atoms with E-state index in [0.717, 1.165) is 6.54 Å². The number of hydrogen-bond acceptors (Lipinski definition) is 1. The number of rotatable bonds is 3. The minimum atomic E-state index is 0.315. The number of likely N-dealkylation sites (tertiary alicyclic amines) is 1. The van der Waals surface area contributed by atoms with Crippen LogP contribution in [0.25, 0.3) is 10.8 Å². The molecule has 0 N–H and O–H groups in total. The van der Waals surface area contributed by atoms with Crippen molar-refractivity contribution in [2.24, 2.45) is 5.92 Å². The Morgan fingerprint density at radius 3 is 2.55 bits per heavy atom. The highest BCUT2D eigenvalue weighted by Gasteiger charge is 2.22. The predicted octanol–water partition coefficient (Wildman–Crippen LogP) is 4.68. The lowest BCUT2D eigenvalue weighted by Gasteiger charge is -2.33. The van der Waals surface area contributed by atoms with Crippen LogP contribution in [0.15, 0.2) is 42.5 Å². The summed E-state index contributed by atoms with van der Waals surface area (Å²) in [5, 5.41) is 3.05. The lowest BCUT2D eigenvalue weighted by atomic mass is 9.93. The average Bonchev–Trinajstić information content (AvgIpc) is 2.48. The van der Waals surface area contributed by atoms with Gasteiger partial charge in [-0.3, -0.25) is 4.90 Å². The van der Waals surface area contributed by atoms with E-state index < -0.39 is 0 Å². The molecule has 2 aromatic rings.